The minimum atomic E-state index is -0.245. The molecule has 0 aliphatic rings. The lowest BCUT2D eigenvalue weighted by molar-refractivity contribution is 0.613. The maximum Gasteiger partial charge on any atom is 0.225 e. The molecule has 2 heterocycles. The number of hydrogen-bond donors (Lipinski definition) is 2. The Balaban J connectivity index is 1.58. The first-order chi connectivity index (χ1) is 14.3. The van der Waals surface area contributed by atoms with E-state index in [0.29, 0.717) is 30.4 Å². The fraction of sp³-hybridized carbons (Fsp3) is 0.0870. The third kappa shape index (κ3) is 4.93. The predicted molar refractivity (Wildman–Crippen MR) is 113 cm³/mol. The van der Waals surface area contributed by atoms with E-state index >= 15 is 0 Å². The van der Waals surface area contributed by atoms with Crippen molar-refractivity contribution in [1.29, 1.82) is 0 Å². The third-order valence-electron chi connectivity index (χ3n) is 4.37. The predicted octanol–water partition coefficient (Wildman–Crippen LogP) is 4.90. The second-order valence-electron chi connectivity index (χ2n) is 6.45. The van der Waals surface area contributed by atoms with Crippen molar-refractivity contribution in [3.8, 4) is 11.3 Å². The molecule has 0 amide bonds. The van der Waals surface area contributed by atoms with Crippen LogP contribution in [0.2, 0.25) is 0 Å². The number of anilines is 2. The maximum absolute atomic E-state index is 13.9. The molecule has 5 nitrogen and oxygen atoms in total. The van der Waals surface area contributed by atoms with Crippen LogP contribution in [0.4, 0.5) is 16.2 Å². The Labute approximate surface area is 168 Å². The van der Waals surface area contributed by atoms with E-state index in [1.165, 1.54) is 6.07 Å². The standard InChI is InChI=1S/C23H20FN5/c24-20-12-5-4-10-18(20)15-26-22-14-21(17-8-2-1-3-9-17)28-23(29-22)27-16-19-11-6-7-13-25-19/h1-14H,15-16H2,(H2,26,27,28,29). The molecule has 29 heavy (non-hydrogen) atoms. The van der Waals surface area contributed by atoms with Gasteiger partial charge >= 0.3 is 0 Å². The van der Waals surface area contributed by atoms with E-state index < -0.39 is 0 Å². The molecule has 0 radical (unpaired) electrons. The summed E-state index contributed by atoms with van der Waals surface area (Å²) in [6, 6.07) is 24.2. The van der Waals surface area contributed by atoms with E-state index in [2.05, 4.69) is 25.6 Å². The summed E-state index contributed by atoms with van der Waals surface area (Å²) in [5.41, 5.74) is 3.22. The van der Waals surface area contributed by atoms with Gasteiger partial charge in [0.15, 0.2) is 0 Å². The van der Waals surface area contributed by atoms with Crippen LogP contribution in [0.15, 0.2) is 85.1 Å². The number of aromatic nitrogens is 3. The molecule has 0 unspecified atom stereocenters. The lowest BCUT2D eigenvalue weighted by Crippen LogP contribution is -2.09. The average Bonchev–Trinajstić information content (AvgIpc) is 2.78. The molecule has 0 atom stereocenters. The van der Waals surface area contributed by atoms with Crippen LogP contribution in [-0.2, 0) is 13.1 Å². The van der Waals surface area contributed by atoms with Crippen LogP contribution in [-0.4, -0.2) is 15.0 Å². The van der Waals surface area contributed by atoms with Crippen LogP contribution in [0.25, 0.3) is 11.3 Å². The molecular formula is C23H20FN5. The van der Waals surface area contributed by atoms with Crippen LogP contribution in [0.3, 0.4) is 0 Å². The molecule has 0 spiro atoms. The molecule has 0 aliphatic heterocycles. The summed E-state index contributed by atoms with van der Waals surface area (Å²) < 4.78 is 13.9. The number of rotatable bonds is 7. The largest absolute Gasteiger partial charge is 0.366 e. The highest BCUT2D eigenvalue weighted by molar-refractivity contribution is 5.64. The molecule has 144 valence electrons. The van der Waals surface area contributed by atoms with Gasteiger partial charge in [-0.2, -0.15) is 4.98 Å². The van der Waals surface area contributed by atoms with Gasteiger partial charge in [0.2, 0.25) is 5.95 Å². The van der Waals surface area contributed by atoms with Crippen LogP contribution in [0.1, 0.15) is 11.3 Å². The number of nitrogens with one attached hydrogen (secondary N) is 2. The van der Waals surface area contributed by atoms with Gasteiger partial charge in [-0.15, -0.1) is 0 Å². The normalized spacial score (nSPS) is 10.5. The molecule has 0 saturated carbocycles. The van der Waals surface area contributed by atoms with Gasteiger partial charge in [-0.25, -0.2) is 9.37 Å². The van der Waals surface area contributed by atoms with Crippen LogP contribution >= 0.6 is 0 Å². The first kappa shape index (κ1) is 18.6. The highest BCUT2D eigenvalue weighted by Crippen LogP contribution is 2.22. The van der Waals surface area contributed by atoms with Crippen molar-refractivity contribution < 1.29 is 4.39 Å². The lowest BCUT2D eigenvalue weighted by Gasteiger charge is -2.12. The minimum absolute atomic E-state index is 0.245. The Morgan fingerprint density at radius 2 is 1.55 bits per heavy atom. The lowest BCUT2D eigenvalue weighted by atomic mass is 10.1. The molecule has 2 N–H and O–H groups in total. The molecule has 6 heteroatoms. The number of nitrogens with zero attached hydrogens (tertiary/aromatic N) is 3. The molecule has 0 aliphatic carbocycles. The average molecular weight is 385 g/mol. The van der Waals surface area contributed by atoms with Crippen molar-refractivity contribution in [2.24, 2.45) is 0 Å². The van der Waals surface area contributed by atoms with Gasteiger partial charge in [-0.1, -0.05) is 54.6 Å². The Hall–Kier alpha value is -3.80. The van der Waals surface area contributed by atoms with Gasteiger partial charge in [0.05, 0.1) is 17.9 Å². The summed E-state index contributed by atoms with van der Waals surface area (Å²) in [5.74, 6) is 0.851. The zero-order chi connectivity index (χ0) is 19.9. The van der Waals surface area contributed by atoms with Crippen molar-refractivity contribution in [1.82, 2.24) is 15.0 Å². The minimum Gasteiger partial charge on any atom is -0.366 e. The molecule has 4 rings (SSSR count). The quantitative estimate of drug-likeness (QED) is 0.474. The van der Waals surface area contributed by atoms with Gasteiger partial charge in [-0.05, 0) is 18.2 Å². The fourth-order valence-electron chi connectivity index (χ4n) is 2.87. The van der Waals surface area contributed by atoms with Crippen molar-refractivity contribution in [3.05, 3.63) is 102 Å². The van der Waals surface area contributed by atoms with Gasteiger partial charge in [0.1, 0.15) is 11.6 Å². The van der Waals surface area contributed by atoms with E-state index in [9.17, 15) is 4.39 Å². The van der Waals surface area contributed by atoms with Crippen LogP contribution in [0.5, 0.6) is 0 Å². The Morgan fingerprint density at radius 1 is 0.759 bits per heavy atom. The van der Waals surface area contributed by atoms with Gasteiger partial charge in [0.25, 0.3) is 0 Å². The Morgan fingerprint density at radius 3 is 2.34 bits per heavy atom. The van der Waals surface area contributed by atoms with Gasteiger partial charge in [-0.3, -0.25) is 4.98 Å². The zero-order valence-corrected chi connectivity index (χ0v) is 15.7. The first-order valence-electron chi connectivity index (χ1n) is 9.33. The third-order valence-corrected chi connectivity index (χ3v) is 4.37. The van der Waals surface area contributed by atoms with E-state index in [4.69, 9.17) is 0 Å². The number of benzene rings is 2. The summed E-state index contributed by atoms with van der Waals surface area (Å²) in [4.78, 5) is 13.5. The van der Waals surface area contributed by atoms with E-state index in [-0.39, 0.29) is 5.82 Å². The molecule has 0 saturated heterocycles. The smallest absolute Gasteiger partial charge is 0.225 e. The van der Waals surface area contributed by atoms with Crippen molar-refractivity contribution >= 4 is 11.8 Å². The maximum atomic E-state index is 13.9. The summed E-state index contributed by atoms with van der Waals surface area (Å²) >= 11 is 0. The highest BCUT2D eigenvalue weighted by atomic mass is 19.1. The number of pyridine rings is 1. The van der Waals surface area contributed by atoms with Crippen molar-refractivity contribution in [2.45, 2.75) is 13.1 Å². The van der Waals surface area contributed by atoms with Gasteiger partial charge in [0, 0.05) is 29.9 Å². The molecule has 0 bridgehead atoms. The van der Waals surface area contributed by atoms with E-state index in [0.717, 1.165) is 17.0 Å². The summed E-state index contributed by atoms with van der Waals surface area (Å²) in [7, 11) is 0. The molecule has 4 aromatic rings. The topological polar surface area (TPSA) is 62.7 Å². The van der Waals surface area contributed by atoms with Crippen LogP contribution in [0, 0.1) is 5.82 Å². The second kappa shape index (κ2) is 8.93. The highest BCUT2D eigenvalue weighted by Gasteiger charge is 2.08. The second-order valence-corrected chi connectivity index (χ2v) is 6.45. The Bertz CT molecular complexity index is 1070. The van der Waals surface area contributed by atoms with Crippen LogP contribution < -0.4 is 10.6 Å². The number of hydrogen-bond acceptors (Lipinski definition) is 5. The molecular weight excluding hydrogens is 365 g/mol. The van der Waals surface area contributed by atoms with Crippen molar-refractivity contribution in [2.75, 3.05) is 10.6 Å². The van der Waals surface area contributed by atoms with E-state index in [1.807, 2.05) is 60.7 Å². The summed E-state index contributed by atoms with van der Waals surface area (Å²) in [6.45, 7) is 0.837. The van der Waals surface area contributed by atoms with Gasteiger partial charge < -0.3 is 10.6 Å². The molecule has 2 aromatic heterocycles. The summed E-state index contributed by atoms with van der Waals surface area (Å²) in [5, 5.41) is 6.43. The Kier molecular flexibility index (Phi) is 5.71. The SMILES string of the molecule is Fc1ccccc1CNc1cc(-c2ccccc2)nc(NCc2ccccn2)n1. The zero-order valence-electron chi connectivity index (χ0n) is 15.7. The summed E-state index contributed by atoms with van der Waals surface area (Å²) in [6.07, 6.45) is 1.75. The first-order valence-corrected chi connectivity index (χ1v) is 9.33. The number of halogens is 1. The molecule has 0 fully saturated rings. The fourth-order valence-corrected chi connectivity index (χ4v) is 2.87. The molecule has 2 aromatic carbocycles. The van der Waals surface area contributed by atoms with Crippen molar-refractivity contribution in [3.63, 3.8) is 0 Å². The van der Waals surface area contributed by atoms with E-state index in [1.54, 1.807) is 18.3 Å². The monoisotopic (exact) mass is 385 g/mol.